The average Bonchev–Trinajstić information content (AvgIpc) is 3.04. The molecule has 6 nitrogen and oxygen atoms in total. The predicted molar refractivity (Wildman–Crippen MR) is 71.4 cm³/mol. The Labute approximate surface area is 113 Å². The fraction of sp³-hybridized carbons (Fsp3) is 0.833. The summed E-state index contributed by atoms with van der Waals surface area (Å²) in [5.41, 5.74) is 0. The van der Waals surface area contributed by atoms with E-state index in [1.807, 2.05) is 0 Å². The van der Waals surface area contributed by atoms with Crippen LogP contribution in [0.25, 0.3) is 0 Å². The second-order valence-corrected chi connectivity index (χ2v) is 7.80. The van der Waals surface area contributed by atoms with E-state index in [9.17, 15) is 8.42 Å². The van der Waals surface area contributed by atoms with Crippen molar-refractivity contribution in [3.63, 3.8) is 0 Å². The van der Waals surface area contributed by atoms with Crippen LogP contribution in [-0.2, 0) is 16.4 Å². The standard InChI is InChI=1S/C12H20N4O2S/c17-19(18)6-5-10(8-19)13-7-12-15-14-9-16(12)11-3-1-2-4-11/h9-11,13H,1-8H2. The van der Waals surface area contributed by atoms with Gasteiger partial charge >= 0.3 is 0 Å². The van der Waals surface area contributed by atoms with E-state index in [1.54, 1.807) is 6.33 Å². The van der Waals surface area contributed by atoms with Gasteiger partial charge in [-0.25, -0.2) is 8.42 Å². The van der Waals surface area contributed by atoms with Gasteiger partial charge in [0.15, 0.2) is 9.84 Å². The van der Waals surface area contributed by atoms with Crippen molar-refractivity contribution < 1.29 is 8.42 Å². The maximum absolute atomic E-state index is 11.4. The Bertz CT molecular complexity index is 534. The molecule has 1 aromatic heterocycles. The minimum Gasteiger partial charge on any atom is -0.313 e. The average molecular weight is 284 g/mol. The quantitative estimate of drug-likeness (QED) is 0.879. The number of rotatable bonds is 4. The molecule has 1 atom stereocenters. The zero-order chi connectivity index (χ0) is 13.3. The predicted octanol–water partition coefficient (Wildman–Crippen LogP) is 0.670. The number of aromatic nitrogens is 3. The molecule has 2 aliphatic rings. The second-order valence-electron chi connectivity index (χ2n) is 5.57. The van der Waals surface area contributed by atoms with Crippen molar-refractivity contribution >= 4 is 9.84 Å². The highest BCUT2D eigenvalue weighted by molar-refractivity contribution is 7.91. The van der Waals surface area contributed by atoms with Crippen LogP contribution in [0.3, 0.4) is 0 Å². The molecule has 1 saturated carbocycles. The van der Waals surface area contributed by atoms with E-state index in [-0.39, 0.29) is 11.8 Å². The van der Waals surface area contributed by atoms with Gasteiger partial charge in [-0.1, -0.05) is 12.8 Å². The molecule has 1 saturated heterocycles. The maximum Gasteiger partial charge on any atom is 0.151 e. The summed E-state index contributed by atoms with van der Waals surface area (Å²) < 4.78 is 25.0. The van der Waals surface area contributed by atoms with E-state index < -0.39 is 9.84 Å². The van der Waals surface area contributed by atoms with Crippen LogP contribution in [-0.4, -0.2) is 40.7 Å². The Kier molecular flexibility index (Phi) is 3.58. The fourth-order valence-electron chi connectivity index (χ4n) is 3.07. The summed E-state index contributed by atoms with van der Waals surface area (Å²) in [4.78, 5) is 0. The van der Waals surface area contributed by atoms with Crippen LogP contribution in [0, 0.1) is 0 Å². The monoisotopic (exact) mass is 284 g/mol. The summed E-state index contributed by atoms with van der Waals surface area (Å²) in [7, 11) is -2.82. The molecular weight excluding hydrogens is 264 g/mol. The lowest BCUT2D eigenvalue weighted by Crippen LogP contribution is -2.30. The number of sulfone groups is 1. The smallest absolute Gasteiger partial charge is 0.151 e. The first-order valence-corrected chi connectivity index (χ1v) is 8.78. The van der Waals surface area contributed by atoms with Crippen LogP contribution >= 0.6 is 0 Å². The molecule has 1 N–H and O–H groups in total. The number of hydrogen-bond donors (Lipinski definition) is 1. The first kappa shape index (κ1) is 13.1. The minimum absolute atomic E-state index is 0.0683. The fourth-order valence-corrected chi connectivity index (χ4v) is 4.78. The van der Waals surface area contributed by atoms with Crippen LogP contribution in [0.15, 0.2) is 6.33 Å². The normalized spacial score (nSPS) is 27.1. The van der Waals surface area contributed by atoms with Crippen molar-refractivity contribution in [1.29, 1.82) is 0 Å². The molecular formula is C12H20N4O2S. The number of nitrogens with one attached hydrogen (secondary N) is 1. The third kappa shape index (κ3) is 2.97. The van der Waals surface area contributed by atoms with Gasteiger partial charge in [-0.15, -0.1) is 10.2 Å². The molecule has 2 fully saturated rings. The number of hydrogen-bond acceptors (Lipinski definition) is 5. The lowest BCUT2D eigenvalue weighted by Gasteiger charge is -2.15. The third-order valence-electron chi connectivity index (χ3n) is 4.15. The molecule has 19 heavy (non-hydrogen) atoms. The highest BCUT2D eigenvalue weighted by Gasteiger charge is 2.28. The van der Waals surface area contributed by atoms with Crippen molar-refractivity contribution in [3.05, 3.63) is 12.2 Å². The van der Waals surface area contributed by atoms with Crippen molar-refractivity contribution in [1.82, 2.24) is 20.1 Å². The van der Waals surface area contributed by atoms with E-state index in [1.165, 1.54) is 25.7 Å². The molecule has 0 amide bonds. The third-order valence-corrected chi connectivity index (χ3v) is 5.91. The molecule has 0 spiro atoms. The summed E-state index contributed by atoms with van der Waals surface area (Å²) in [6.07, 6.45) is 7.46. The van der Waals surface area contributed by atoms with Gasteiger partial charge in [0.1, 0.15) is 12.2 Å². The first-order valence-electron chi connectivity index (χ1n) is 6.96. The Morgan fingerprint density at radius 3 is 2.79 bits per heavy atom. The van der Waals surface area contributed by atoms with Crippen LogP contribution in [0.1, 0.15) is 44.0 Å². The van der Waals surface area contributed by atoms with E-state index in [2.05, 4.69) is 20.1 Å². The van der Waals surface area contributed by atoms with Crippen molar-refractivity contribution in [2.24, 2.45) is 0 Å². The molecule has 2 heterocycles. The second kappa shape index (κ2) is 5.20. The van der Waals surface area contributed by atoms with Crippen LogP contribution in [0.5, 0.6) is 0 Å². The van der Waals surface area contributed by atoms with Crippen LogP contribution in [0.2, 0.25) is 0 Å². The van der Waals surface area contributed by atoms with E-state index in [0.717, 1.165) is 5.82 Å². The molecule has 7 heteroatoms. The summed E-state index contributed by atoms with van der Waals surface area (Å²) in [5, 5.41) is 11.5. The molecule has 1 aliphatic carbocycles. The molecule has 1 aromatic rings. The highest BCUT2D eigenvalue weighted by atomic mass is 32.2. The topological polar surface area (TPSA) is 76.9 Å². The van der Waals surface area contributed by atoms with Gasteiger partial charge in [-0.2, -0.15) is 0 Å². The van der Waals surface area contributed by atoms with Crippen LogP contribution < -0.4 is 5.32 Å². The Hall–Kier alpha value is -0.950. The van der Waals surface area contributed by atoms with Gasteiger partial charge < -0.3 is 9.88 Å². The molecule has 106 valence electrons. The van der Waals surface area contributed by atoms with Gasteiger partial charge in [0, 0.05) is 12.1 Å². The van der Waals surface area contributed by atoms with Crippen molar-refractivity contribution in [2.45, 2.75) is 50.7 Å². The van der Waals surface area contributed by atoms with Gasteiger partial charge in [-0.05, 0) is 19.3 Å². The largest absolute Gasteiger partial charge is 0.313 e. The SMILES string of the molecule is O=S1(=O)CCC(NCc2nncn2C2CCCC2)C1. The summed E-state index contributed by atoms with van der Waals surface area (Å²) in [6.45, 7) is 0.608. The molecule has 0 aromatic carbocycles. The molecule has 1 aliphatic heterocycles. The summed E-state index contributed by atoms with van der Waals surface area (Å²) >= 11 is 0. The van der Waals surface area contributed by atoms with Crippen molar-refractivity contribution in [3.8, 4) is 0 Å². The molecule has 3 rings (SSSR count). The lowest BCUT2D eigenvalue weighted by atomic mass is 10.2. The maximum atomic E-state index is 11.4. The first-order chi connectivity index (χ1) is 9.14. The zero-order valence-corrected chi connectivity index (χ0v) is 11.8. The summed E-state index contributed by atoms with van der Waals surface area (Å²) in [6, 6.07) is 0.595. The van der Waals surface area contributed by atoms with Crippen molar-refractivity contribution in [2.75, 3.05) is 11.5 Å². The lowest BCUT2D eigenvalue weighted by molar-refractivity contribution is 0.468. The van der Waals surface area contributed by atoms with E-state index in [4.69, 9.17) is 0 Å². The molecule has 0 bridgehead atoms. The van der Waals surface area contributed by atoms with Gasteiger partial charge in [0.2, 0.25) is 0 Å². The van der Waals surface area contributed by atoms with Crippen LogP contribution in [0.4, 0.5) is 0 Å². The van der Waals surface area contributed by atoms with E-state index >= 15 is 0 Å². The minimum atomic E-state index is -2.82. The molecule has 0 radical (unpaired) electrons. The van der Waals surface area contributed by atoms with E-state index in [0.29, 0.717) is 24.8 Å². The number of nitrogens with zero attached hydrogens (tertiary/aromatic N) is 3. The van der Waals surface area contributed by atoms with Gasteiger partial charge in [0.05, 0.1) is 18.1 Å². The summed E-state index contributed by atoms with van der Waals surface area (Å²) in [5.74, 6) is 1.49. The molecule has 1 unspecified atom stereocenters. The Balaban J connectivity index is 1.60. The van der Waals surface area contributed by atoms with Gasteiger partial charge in [0.25, 0.3) is 0 Å². The van der Waals surface area contributed by atoms with Gasteiger partial charge in [-0.3, -0.25) is 0 Å². The Morgan fingerprint density at radius 2 is 2.11 bits per heavy atom. The Morgan fingerprint density at radius 1 is 1.32 bits per heavy atom. The zero-order valence-electron chi connectivity index (χ0n) is 11.0. The highest BCUT2D eigenvalue weighted by Crippen LogP contribution is 2.29.